The highest BCUT2D eigenvalue weighted by Crippen LogP contribution is 2.37. The number of hydrogen-bond donors (Lipinski definition) is 0. The lowest BCUT2D eigenvalue weighted by Gasteiger charge is -2.28. The van der Waals surface area contributed by atoms with E-state index in [0.29, 0.717) is 0 Å². The molecule has 1 aliphatic carbocycles. The van der Waals surface area contributed by atoms with E-state index in [4.69, 9.17) is 0 Å². The van der Waals surface area contributed by atoms with Gasteiger partial charge in [-0.1, -0.05) is 81.3 Å². The molecule has 0 bridgehead atoms. The molecule has 4 rings (SSSR count). The van der Waals surface area contributed by atoms with Crippen LogP contribution in [0.4, 0.5) is 0 Å². The van der Waals surface area contributed by atoms with E-state index in [0.717, 1.165) is 23.0 Å². The zero-order valence-electron chi connectivity index (χ0n) is 19.3. The molecule has 0 aliphatic heterocycles. The standard InChI is InChI=1S/C31H36/c1-3-5-7-26-14-20-31-23-27(15-21-30(31)22-26)9-8-25-12-18-29(19-13-25)28-16-10-24(6-4-2)11-17-28/h12-15,18-24,28H,3-7,10-11,16-17H2,1-2H3. The monoisotopic (exact) mass is 408 g/mol. The van der Waals surface area contributed by atoms with E-state index in [1.807, 2.05) is 0 Å². The van der Waals surface area contributed by atoms with Crippen molar-refractivity contribution in [2.75, 3.05) is 0 Å². The van der Waals surface area contributed by atoms with Gasteiger partial charge in [-0.05, 0) is 96.5 Å². The molecule has 0 atom stereocenters. The van der Waals surface area contributed by atoms with Crippen molar-refractivity contribution >= 4 is 10.8 Å². The third-order valence-corrected chi connectivity index (χ3v) is 7.00. The van der Waals surface area contributed by atoms with E-state index < -0.39 is 0 Å². The molecule has 0 unspecified atom stereocenters. The Labute approximate surface area is 189 Å². The molecule has 0 aromatic heterocycles. The first-order valence-electron chi connectivity index (χ1n) is 12.4. The van der Waals surface area contributed by atoms with Crippen molar-refractivity contribution in [1.29, 1.82) is 0 Å². The van der Waals surface area contributed by atoms with Crippen LogP contribution in [0.1, 0.15) is 93.4 Å². The molecule has 0 saturated heterocycles. The van der Waals surface area contributed by atoms with E-state index in [-0.39, 0.29) is 0 Å². The fourth-order valence-electron chi connectivity index (χ4n) is 5.09. The van der Waals surface area contributed by atoms with Crippen molar-refractivity contribution in [2.45, 2.75) is 77.6 Å². The Balaban J connectivity index is 1.41. The van der Waals surface area contributed by atoms with Crippen LogP contribution >= 0.6 is 0 Å². The van der Waals surface area contributed by atoms with Gasteiger partial charge in [-0.25, -0.2) is 0 Å². The Morgan fingerprint density at radius 2 is 1.39 bits per heavy atom. The van der Waals surface area contributed by atoms with Crippen molar-refractivity contribution in [1.82, 2.24) is 0 Å². The third-order valence-electron chi connectivity index (χ3n) is 7.00. The fraction of sp³-hybridized carbons (Fsp3) is 0.419. The van der Waals surface area contributed by atoms with Gasteiger partial charge in [0.25, 0.3) is 0 Å². The molecule has 3 aromatic carbocycles. The summed E-state index contributed by atoms with van der Waals surface area (Å²) in [5.74, 6) is 8.46. The molecule has 0 amide bonds. The molecule has 0 heteroatoms. The van der Waals surface area contributed by atoms with Gasteiger partial charge in [-0.2, -0.15) is 0 Å². The summed E-state index contributed by atoms with van der Waals surface area (Å²) >= 11 is 0. The quantitative estimate of drug-likeness (QED) is 0.358. The molecule has 0 radical (unpaired) electrons. The van der Waals surface area contributed by atoms with Crippen LogP contribution in [-0.4, -0.2) is 0 Å². The lowest BCUT2D eigenvalue weighted by Crippen LogP contribution is -2.13. The van der Waals surface area contributed by atoms with Crippen molar-refractivity contribution in [2.24, 2.45) is 5.92 Å². The molecular weight excluding hydrogens is 372 g/mol. The fourth-order valence-corrected chi connectivity index (χ4v) is 5.09. The summed E-state index contributed by atoms with van der Waals surface area (Å²) < 4.78 is 0. The number of unbranched alkanes of at least 4 members (excludes halogenated alkanes) is 1. The highest BCUT2D eigenvalue weighted by Gasteiger charge is 2.21. The SMILES string of the molecule is CCCCc1ccc2cc(C#Cc3ccc(C4CCC(CCC)CC4)cc3)ccc2c1. The minimum Gasteiger partial charge on any atom is -0.0654 e. The van der Waals surface area contributed by atoms with Crippen molar-refractivity contribution in [3.05, 3.63) is 82.9 Å². The van der Waals surface area contributed by atoms with E-state index in [1.165, 1.54) is 79.7 Å². The minimum atomic E-state index is 0.748. The van der Waals surface area contributed by atoms with Gasteiger partial charge in [0.15, 0.2) is 0 Å². The van der Waals surface area contributed by atoms with Crippen molar-refractivity contribution < 1.29 is 0 Å². The van der Waals surface area contributed by atoms with Gasteiger partial charge < -0.3 is 0 Å². The van der Waals surface area contributed by atoms with Crippen LogP contribution in [0, 0.1) is 17.8 Å². The van der Waals surface area contributed by atoms with Crippen molar-refractivity contribution in [3.8, 4) is 11.8 Å². The largest absolute Gasteiger partial charge is 0.0654 e. The maximum atomic E-state index is 3.37. The summed E-state index contributed by atoms with van der Waals surface area (Å²) in [5, 5.41) is 2.60. The second-order valence-corrected chi connectivity index (χ2v) is 9.38. The van der Waals surface area contributed by atoms with Gasteiger partial charge in [0.05, 0.1) is 0 Å². The van der Waals surface area contributed by atoms with Crippen molar-refractivity contribution in [3.63, 3.8) is 0 Å². The van der Waals surface area contributed by atoms with Gasteiger partial charge in [-0.3, -0.25) is 0 Å². The summed E-state index contributed by atoms with van der Waals surface area (Å²) in [7, 11) is 0. The van der Waals surface area contributed by atoms with Crippen LogP contribution < -0.4 is 0 Å². The predicted molar refractivity (Wildman–Crippen MR) is 135 cm³/mol. The first kappa shape index (κ1) is 21.7. The molecule has 0 heterocycles. The lowest BCUT2D eigenvalue weighted by atomic mass is 9.77. The highest BCUT2D eigenvalue weighted by molar-refractivity contribution is 5.84. The van der Waals surface area contributed by atoms with Crippen LogP contribution in [0.5, 0.6) is 0 Å². The van der Waals surface area contributed by atoms with Crippen LogP contribution in [-0.2, 0) is 6.42 Å². The Morgan fingerprint density at radius 3 is 2.13 bits per heavy atom. The summed E-state index contributed by atoms with van der Waals surface area (Å²) in [6.07, 6.45) is 11.9. The Hall–Kier alpha value is -2.52. The van der Waals surface area contributed by atoms with Gasteiger partial charge in [0.2, 0.25) is 0 Å². The Bertz CT molecular complexity index is 1040. The smallest absolute Gasteiger partial charge is 0.0255 e. The van der Waals surface area contributed by atoms with Gasteiger partial charge in [0, 0.05) is 11.1 Å². The first-order valence-corrected chi connectivity index (χ1v) is 12.4. The Kier molecular flexibility index (Phi) is 7.48. The zero-order chi connectivity index (χ0) is 21.5. The average Bonchev–Trinajstić information content (AvgIpc) is 2.82. The molecule has 0 spiro atoms. The van der Waals surface area contributed by atoms with E-state index in [9.17, 15) is 0 Å². The van der Waals surface area contributed by atoms with E-state index >= 15 is 0 Å². The number of fused-ring (bicyclic) bond motifs is 1. The van der Waals surface area contributed by atoms with Crippen LogP contribution in [0.3, 0.4) is 0 Å². The number of hydrogen-bond acceptors (Lipinski definition) is 0. The third kappa shape index (κ3) is 5.80. The van der Waals surface area contributed by atoms with Crippen LogP contribution in [0.2, 0.25) is 0 Å². The number of aryl methyl sites for hydroxylation is 1. The molecule has 160 valence electrons. The molecule has 0 nitrogen and oxygen atoms in total. The average molecular weight is 409 g/mol. The van der Waals surface area contributed by atoms with Gasteiger partial charge >= 0.3 is 0 Å². The highest BCUT2D eigenvalue weighted by atomic mass is 14.3. The number of benzene rings is 3. The second kappa shape index (κ2) is 10.7. The van der Waals surface area contributed by atoms with Crippen LogP contribution in [0.25, 0.3) is 10.8 Å². The maximum absolute atomic E-state index is 3.37. The molecule has 3 aromatic rings. The molecular formula is C31H36. The molecule has 1 fully saturated rings. The maximum Gasteiger partial charge on any atom is 0.0255 e. The second-order valence-electron chi connectivity index (χ2n) is 9.38. The van der Waals surface area contributed by atoms with E-state index in [2.05, 4.69) is 86.4 Å². The zero-order valence-corrected chi connectivity index (χ0v) is 19.3. The van der Waals surface area contributed by atoms with Gasteiger partial charge in [-0.15, -0.1) is 0 Å². The summed E-state index contributed by atoms with van der Waals surface area (Å²) in [5.41, 5.74) is 5.14. The van der Waals surface area contributed by atoms with Gasteiger partial charge in [0.1, 0.15) is 0 Å². The van der Waals surface area contributed by atoms with Crippen LogP contribution in [0.15, 0.2) is 60.7 Å². The van der Waals surface area contributed by atoms with E-state index in [1.54, 1.807) is 0 Å². The Morgan fingerprint density at radius 1 is 0.710 bits per heavy atom. The first-order chi connectivity index (χ1) is 15.2. The molecule has 1 saturated carbocycles. The topological polar surface area (TPSA) is 0 Å². The lowest BCUT2D eigenvalue weighted by molar-refractivity contribution is 0.308. The molecule has 0 N–H and O–H groups in total. The summed E-state index contributed by atoms with van der Waals surface area (Å²) in [6.45, 7) is 4.56. The normalized spacial score (nSPS) is 18.5. The number of rotatable bonds is 6. The molecule has 31 heavy (non-hydrogen) atoms. The predicted octanol–water partition coefficient (Wildman–Crippen LogP) is 8.66. The summed E-state index contributed by atoms with van der Waals surface area (Å²) in [4.78, 5) is 0. The summed E-state index contributed by atoms with van der Waals surface area (Å²) in [6, 6.07) is 22.5. The minimum absolute atomic E-state index is 0.748. The molecule has 1 aliphatic rings.